The second-order valence-electron chi connectivity index (χ2n) is 5.61. The number of aromatic nitrogens is 6. The summed E-state index contributed by atoms with van der Waals surface area (Å²) in [7, 11) is 0. The molecule has 4 aromatic rings. The Kier molecular flexibility index (Phi) is 5.87. The van der Waals surface area contributed by atoms with Crippen LogP contribution in [0.15, 0.2) is 59.3 Å². The fraction of sp³-hybridized carbons (Fsp3) is 0.176. The van der Waals surface area contributed by atoms with E-state index in [0.717, 1.165) is 38.7 Å². The molecule has 0 aliphatic carbocycles. The Bertz CT molecular complexity index is 1050. The number of hydrogen-bond acceptors (Lipinski definition) is 6. The molecule has 10 heteroatoms. The third-order valence-electron chi connectivity index (χ3n) is 4.05. The lowest BCUT2D eigenvalue weighted by Gasteiger charge is -2.15. The summed E-state index contributed by atoms with van der Waals surface area (Å²) in [5.74, 6) is 0. The van der Waals surface area contributed by atoms with E-state index in [1.54, 1.807) is 12.5 Å². The first kappa shape index (κ1) is 18.6. The molecule has 1 atom stereocenters. The Morgan fingerprint density at radius 3 is 2.89 bits per heavy atom. The van der Waals surface area contributed by atoms with Gasteiger partial charge in [-0.3, -0.25) is 9.67 Å². The molecular formula is C17H16BrN7O2. The van der Waals surface area contributed by atoms with Crippen molar-refractivity contribution in [1.82, 2.24) is 29.7 Å². The zero-order valence-electron chi connectivity index (χ0n) is 14.3. The average Bonchev–Trinajstić information content (AvgIpc) is 3.32. The maximum atomic E-state index is 8.11. The second-order valence-corrected chi connectivity index (χ2v) is 6.53. The Morgan fingerprint density at radius 2 is 2.15 bits per heavy atom. The SMILES string of the molecule is CCC(c1cncc(Br)c1)n1cc(-c2ncnc3[nH]ccc23)cn1.O=NO. The van der Waals surface area contributed by atoms with Crippen molar-refractivity contribution in [3.05, 3.63) is 64.4 Å². The number of nitrogens with zero attached hydrogens (tertiary/aromatic N) is 6. The third kappa shape index (κ3) is 4.00. The van der Waals surface area contributed by atoms with Crippen LogP contribution < -0.4 is 0 Å². The van der Waals surface area contributed by atoms with Crippen molar-refractivity contribution in [1.29, 1.82) is 0 Å². The third-order valence-corrected chi connectivity index (χ3v) is 4.48. The standard InChI is InChI=1S/C17H15BrN6.HNO2/c1-2-15(11-5-13(18)8-19-6-11)24-9-12(7-23-24)16-14-3-4-20-17(14)22-10-21-16;2-1-3/h3-10,15H,2H2,1H3,(H,20,21,22);(H,2,3). The van der Waals surface area contributed by atoms with Gasteiger partial charge in [0.15, 0.2) is 5.34 Å². The van der Waals surface area contributed by atoms with E-state index in [4.69, 9.17) is 10.1 Å². The van der Waals surface area contributed by atoms with Gasteiger partial charge in [0.25, 0.3) is 0 Å². The molecule has 0 aliphatic rings. The van der Waals surface area contributed by atoms with E-state index in [1.165, 1.54) is 5.34 Å². The van der Waals surface area contributed by atoms with Crippen molar-refractivity contribution in [2.75, 3.05) is 0 Å². The van der Waals surface area contributed by atoms with Crippen LogP contribution >= 0.6 is 15.9 Å². The van der Waals surface area contributed by atoms with E-state index < -0.39 is 0 Å². The van der Waals surface area contributed by atoms with E-state index in [0.29, 0.717) is 0 Å². The van der Waals surface area contributed by atoms with Gasteiger partial charge in [-0.1, -0.05) is 6.92 Å². The molecule has 0 spiro atoms. The molecule has 4 rings (SSSR count). The van der Waals surface area contributed by atoms with Crippen LogP contribution in [-0.2, 0) is 0 Å². The molecule has 4 heterocycles. The molecule has 1 unspecified atom stereocenters. The molecule has 0 aromatic carbocycles. The van der Waals surface area contributed by atoms with Gasteiger partial charge < -0.3 is 10.2 Å². The van der Waals surface area contributed by atoms with Gasteiger partial charge in [-0.15, -0.1) is 4.91 Å². The molecule has 0 radical (unpaired) electrons. The molecule has 0 saturated carbocycles. The molecule has 0 fully saturated rings. The topological polar surface area (TPSA) is 122 Å². The van der Waals surface area contributed by atoms with Crippen LogP contribution in [0.25, 0.3) is 22.3 Å². The summed E-state index contributed by atoms with van der Waals surface area (Å²) in [6.45, 7) is 2.14. The highest BCUT2D eigenvalue weighted by Gasteiger charge is 2.16. The molecule has 0 aliphatic heterocycles. The Morgan fingerprint density at radius 1 is 1.33 bits per heavy atom. The number of pyridine rings is 1. The normalized spacial score (nSPS) is 11.6. The van der Waals surface area contributed by atoms with Crippen molar-refractivity contribution in [2.45, 2.75) is 19.4 Å². The van der Waals surface area contributed by atoms with E-state index in [-0.39, 0.29) is 6.04 Å². The summed E-state index contributed by atoms with van der Waals surface area (Å²) >= 11 is 3.48. The smallest absolute Gasteiger partial charge is 0.152 e. The van der Waals surface area contributed by atoms with Gasteiger partial charge in [0.2, 0.25) is 0 Å². The molecule has 4 aromatic heterocycles. The fourth-order valence-corrected chi connectivity index (χ4v) is 3.30. The molecular weight excluding hydrogens is 414 g/mol. The number of halogens is 1. The van der Waals surface area contributed by atoms with Gasteiger partial charge in [0.05, 0.1) is 17.9 Å². The minimum atomic E-state index is 0.132. The summed E-state index contributed by atoms with van der Waals surface area (Å²) in [5, 5.41) is 13.4. The first-order valence-corrected chi connectivity index (χ1v) is 8.87. The molecule has 138 valence electrons. The van der Waals surface area contributed by atoms with Crippen LogP contribution in [0.5, 0.6) is 0 Å². The summed E-state index contributed by atoms with van der Waals surface area (Å²) in [6, 6.07) is 4.20. The van der Waals surface area contributed by atoms with Crippen LogP contribution in [-0.4, -0.2) is 34.9 Å². The fourth-order valence-electron chi connectivity index (χ4n) is 2.92. The minimum Gasteiger partial charge on any atom is -0.379 e. The quantitative estimate of drug-likeness (QED) is 0.371. The van der Waals surface area contributed by atoms with Crippen molar-refractivity contribution in [3.8, 4) is 11.3 Å². The highest BCUT2D eigenvalue weighted by molar-refractivity contribution is 9.10. The molecule has 2 N–H and O–H groups in total. The Labute approximate surface area is 162 Å². The van der Waals surface area contributed by atoms with Crippen molar-refractivity contribution >= 4 is 27.0 Å². The number of hydrogen-bond donors (Lipinski definition) is 2. The summed E-state index contributed by atoms with van der Waals surface area (Å²) in [4.78, 5) is 24.2. The molecule has 27 heavy (non-hydrogen) atoms. The monoisotopic (exact) mass is 429 g/mol. The van der Waals surface area contributed by atoms with Crippen LogP contribution in [0.4, 0.5) is 0 Å². The lowest BCUT2D eigenvalue weighted by atomic mass is 10.1. The van der Waals surface area contributed by atoms with Crippen LogP contribution in [0, 0.1) is 4.91 Å². The Hall–Kier alpha value is -3.14. The number of H-pyrrole nitrogens is 1. The average molecular weight is 430 g/mol. The van der Waals surface area contributed by atoms with E-state index in [2.05, 4.69) is 54.0 Å². The van der Waals surface area contributed by atoms with Gasteiger partial charge >= 0.3 is 0 Å². The summed E-state index contributed by atoms with van der Waals surface area (Å²) < 4.78 is 2.94. The molecule has 9 nitrogen and oxygen atoms in total. The number of aromatic amines is 1. The molecule has 0 bridgehead atoms. The van der Waals surface area contributed by atoms with E-state index >= 15 is 0 Å². The van der Waals surface area contributed by atoms with Crippen LogP contribution in [0.3, 0.4) is 0 Å². The van der Waals surface area contributed by atoms with Crippen molar-refractivity contribution < 1.29 is 5.21 Å². The maximum Gasteiger partial charge on any atom is 0.152 e. The highest BCUT2D eigenvalue weighted by atomic mass is 79.9. The Balaban J connectivity index is 0.000000659. The van der Waals surface area contributed by atoms with Gasteiger partial charge in [-0.05, 0) is 40.0 Å². The van der Waals surface area contributed by atoms with Gasteiger partial charge in [0, 0.05) is 40.2 Å². The maximum absolute atomic E-state index is 8.11. The second kappa shape index (κ2) is 8.49. The van der Waals surface area contributed by atoms with Crippen LogP contribution in [0.2, 0.25) is 0 Å². The van der Waals surface area contributed by atoms with Crippen molar-refractivity contribution in [2.24, 2.45) is 5.34 Å². The molecule has 0 amide bonds. The predicted molar refractivity (Wildman–Crippen MR) is 103 cm³/mol. The first-order chi connectivity index (χ1) is 13.2. The number of nitrogens with one attached hydrogen (secondary N) is 1. The minimum absolute atomic E-state index is 0.132. The largest absolute Gasteiger partial charge is 0.379 e. The first-order valence-electron chi connectivity index (χ1n) is 8.07. The summed E-state index contributed by atoms with van der Waals surface area (Å²) in [5.41, 5.74) is 3.81. The van der Waals surface area contributed by atoms with Gasteiger partial charge in [-0.25, -0.2) is 9.97 Å². The van der Waals surface area contributed by atoms with E-state index in [1.807, 2.05) is 35.5 Å². The predicted octanol–water partition coefficient (Wildman–Crippen LogP) is 4.12. The number of fused-ring (bicyclic) bond motifs is 1. The van der Waals surface area contributed by atoms with Gasteiger partial charge in [-0.2, -0.15) is 5.10 Å². The summed E-state index contributed by atoms with van der Waals surface area (Å²) in [6.07, 6.45) is 11.9. The number of rotatable bonds is 4. The van der Waals surface area contributed by atoms with Crippen molar-refractivity contribution in [3.63, 3.8) is 0 Å². The highest BCUT2D eigenvalue weighted by Crippen LogP contribution is 2.28. The van der Waals surface area contributed by atoms with E-state index in [9.17, 15) is 0 Å². The lowest BCUT2D eigenvalue weighted by Crippen LogP contribution is -2.10. The molecule has 0 saturated heterocycles. The zero-order chi connectivity index (χ0) is 19.2. The van der Waals surface area contributed by atoms with Crippen LogP contribution in [0.1, 0.15) is 24.9 Å². The van der Waals surface area contributed by atoms with Gasteiger partial charge in [0.1, 0.15) is 12.0 Å². The zero-order valence-corrected chi connectivity index (χ0v) is 15.9. The lowest BCUT2D eigenvalue weighted by molar-refractivity contribution is 0.312.